The first-order valence-electron chi connectivity index (χ1n) is 4.32. The van der Waals surface area contributed by atoms with Crippen molar-refractivity contribution in [2.45, 2.75) is 18.5 Å². The lowest BCUT2D eigenvalue weighted by Crippen LogP contribution is -2.24. The van der Waals surface area contributed by atoms with E-state index in [4.69, 9.17) is 28.3 Å². The molecule has 1 N–H and O–H groups in total. The second-order valence-electron chi connectivity index (χ2n) is 3.21. The van der Waals surface area contributed by atoms with Gasteiger partial charge in [0, 0.05) is 5.56 Å². The summed E-state index contributed by atoms with van der Waals surface area (Å²) in [7, 11) is 0. The van der Waals surface area contributed by atoms with Gasteiger partial charge in [0.1, 0.15) is 10.3 Å². The molecular formula is C9H6Cl2F3NO2. The molecule has 94 valence electrons. The molecule has 17 heavy (non-hydrogen) atoms. The van der Waals surface area contributed by atoms with Crippen LogP contribution in [0.1, 0.15) is 17.9 Å². The first-order valence-corrected chi connectivity index (χ1v) is 5.08. The van der Waals surface area contributed by atoms with Crippen molar-refractivity contribution in [3.05, 3.63) is 28.0 Å². The predicted octanol–water partition coefficient (Wildman–Crippen LogP) is 3.51. The molecule has 1 heterocycles. The van der Waals surface area contributed by atoms with Gasteiger partial charge in [-0.2, -0.15) is 13.2 Å². The van der Waals surface area contributed by atoms with Gasteiger partial charge in [0.05, 0.1) is 12.3 Å². The molecule has 1 unspecified atom stereocenters. The molecule has 0 aliphatic carbocycles. The zero-order valence-corrected chi connectivity index (χ0v) is 9.64. The summed E-state index contributed by atoms with van der Waals surface area (Å²) < 4.78 is 38.0. The Balaban J connectivity index is 3.17. The highest BCUT2D eigenvalue weighted by Gasteiger charge is 2.43. The Morgan fingerprint density at radius 3 is 2.41 bits per heavy atom. The number of alkyl halides is 3. The van der Waals surface area contributed by atoms with E-state index in [1.165, 1.54) is 0 Å². The van der Waals surface area contributed by atoms with Crippen LogP contribution in [0.2, 0.25) is 10.3 Å². The van der Waals surface area contributed by atoms with Crippen LogP contribution in [-0.4, -0.2) is 22.2 Å². The Morgan fingerprint density at radius 1 is 1.41 bits per heavy atom. The van der Waals surface area contributed by atoms with Crippen LogP contribution < -0.4 is 0 Å². The maximum atomic E-state index is 12.7. The Labute approximate surface area is 104 Å². The number of halogens is 5. The van der Waals surface area contributed by atoms with Gasteiger partial charge in [-0.05, 0) is 6.07 Å². The molecule has 3 nitrogen and oxygen atoms in total. The van der Waals surface area contributed by atoms with Crippen molar-refractivity contribution < 1.29 is 23.1 Å². The molecule has 1 aromatic heterocycles. The molecule has 1 atom stereocenters. The van der Waals surface area contributed by atoms with Crippen molar-refractivity contribution in [3.63, 3.8) is 0 Å². The van der Waals surface area contributed by atoms with Crippen LogP contribution >= 0.6 is 23.2 Å². The van der Waals surface area contributed by atoms with Crippen molar-refractivity contribution in [2.24, 2.45) is 0 Å². The fraction of sp³-hybridized carbons (Fsp3) is 0.333. The molecule has 0 spiro atoms. The summed E-state index contributed by atoms with van der Waals surface area (Å²) in [6, 6.07) is 2.15. The van der Waals surface area contributed by atoms with E-state index in [1.807, 2.05) is 0 Å². The fourth-order valence-electron chi connectivity index (χ4n) is 1.26. The molecule has 0 aliphatic heterocycles. The molecule has 8 heteroatoms. The van der Waals surface area contributed by atoms with E-state index in [0.717, 1.165) is 12.1 Å². The first-order chi connectivity index (χ1) is 7.71. The highest BCUT2D eigenvalue weighted by Crippen LogP contribution is 2.40. The van der Waals surface area contributed by atoms with E-state index < -0.39 is 35.2 Å². The van der Waals surface area contributed by atoms with Crippen LogP contribution in [0.5, 0.6) is 0 Å². The zero-order chi connectivity index (χ0) is 13.2. The molecule has 0 radical (unpaired) electrons. The second-order valence-corrected chi connectivity index (χ2v) is 3.95. The van der Waals surface area contributed by atoms with Gasteiger partial charge in [-0.25, -0.2) is 4.98 Å². The molecular weight excluding hydrogens is 282 g/mol. The smallest absolute Gasteiger partial charge is 0.396 e. The molecule has 1 rings (SSSR count). The third-order valence-corrected chi connectivity index (χ3v) is 2.51. The zero-order valence-electron chi connectivity index (χ0n) is 8.13. The van der Waals surface area contributed by atoms with Crippen LogP contribution in [0, 0.1) is 0 Å². The number of pyridine rings is 1. The van der Waals surface area contributed by atoms with E-state index in [2.05, 4.69) is 4.98 Å². The van der Waals surface area contributed by atoms with Crippen molar-refractivity contribution >= 4 is 29.2 Å². The number of hydrogen-bond donors (Lipinski definition) is 1. The van der Waals surface area contributed by atoms with Crippen LogP contribution in [0.25, 0.3) is 0 Å². The van der Waals surface area contributed by atoms with Crippen molar-refractivity contribution in [2.75, 3.05) is 0 Å². The molecule has 0 aromatic carbocycles. The summed E-state index contributed by atoms with van der Waals surface area (Å²) >= 11 is 11.0. The lowest BCUT2D eigenvalue weighted by Gasteiger charge is -2.19. The minimum Gasteiger partial charge on any atom is -0.481 e. The van der Waals surface area contributed by atoms with Gasteiger partial charge in [0.25, 0.3) is 0 Å². The number of hydrogen-bond acceptors (Lipinski definition) is 2. The van der Waals surface area contributed by atoms with Gasteiger partial charge in [-0.15, -0.1) is 0 Å². The SMILES string of the molecule is O=C(O)CC(c1ccc(Cl)nc1Cl)C(F)(F)F. The standard InChI is InChI=1S/C9H6Cl2F3NO2/c10-6-2-1-4(8(11)15-6)5(3-7(16)17)9(12,13)14/h1-2,5H,3H2,(H,16,17). The van der Waals surface area contributed by atoms with Crippen molar-refractivity contribution in [3.8, 4) is 0 Å². The van der Waals surface area contributed by atoms with E-state index in [9.17, 15) is 18.0 Å². The summed E-state index contributed by atoms with van der Waals surface area (Å²) in [5.41, 5.74) is -0.397. The van der Waals surface area contributed by atoms with Crippen LogP contribution in [0.4, 0.5) is 13.2 Å². The summed E-state index contributed by atoms with van der Waals surface area (Å²) in [5.74, 6) is -3.77. The van der Waals surface area contributed by atoms with Gasteiger partial charge in [0.15, 0.2) is 0 Å². The minimum absolute atomic E-state index is 0.0602. The second kappa shape index (κ2) is 5.10. The highest BCUT2D eigenvalue weighted by molar-refractivity contribution is 6.32. The number of rotatable bonds is 3. The maximum absolute atomic E-state index is 12.7. The van der Waals surface area contributed by atoms with Crippen LogP contribution in [-0.2, 0) is 4.79 Å². The van der Waals surface area contributed by atoms with Gasteiger partial charge in [0.2, 0.25) is 0 Å². The van der Waals surface area contributed by atoms with Gasteiger partial charge >= 0.3 is 12.1 Å². The van der Waals surface area contributed by atoms with Gasteiger partial charge < -0.3 is 5.11 Å². The summed E-state index contributed by atoms with van der Waals surface area (Å²) in [5, 5.41) is 7.96. The van der Waals surface area contributed by atoms with E-state index in [0.29, 0.717) is 0 Å². The first kappa shape index (κ1) is 14.1. The quantitative estimate of drug-likeness (QED) is 0.866. The normalized spacial score (nSPS) is 13.5. The number of carboxylic acids is 1. The number of carboxylic acid groups (broad SMARTS) is 1. The Kier molecular flexibility index (Phi) is 4.21. The largest absolute Gasteiger partial charge is 0.481 e. The third kappa shape index (κ3) is 3.74. The average molecular weight is 288 g/mol. The maximum Gasteiger partial charge on any atom is 0.396 e. The van der Waals surface area contributed by atoms with E-state index in [1.54, 1.807) is 0 Å². The topological polar surface area (TPSA) is 50.2 Å². The third-order valence-electron chi connectivity index (χ3n) is 1.99. The lowest BCUT2D eigenvalue weighted by molar-refractivity contribution is -0.163. The monoisotopic (exact) mass is 287 g/mol. The van der Waals surface area contributed by atoms with Crippen molar-refractivity contribution in [1.82, 2.24) is 4.98 Å². The van der Waals surface area contributed by atoms with Gasteiger partial charge in [-0.3, -0.25) is 4.79 Å². The molecule has 0 amide bonds. The van der Waals surface area contributed by atoms with E-state index in [-0.39, 0.29) is 5.15 Å². The number of aromatic nitrogens is 1. The number of nitrogens with zero attached hydrogens (tertiary/aromatic N) is 1. The molecule has 0 fully saturated rings. The average Bonchev–Trinajstić information content (AvgIpc) is 2.13. The summed E-state index contributed by atoms with van der Waals surface area (Å²) in [6.45, 7) is 0. The number of carbonyl (C=O) groups is 1. The lowest BCUT2D eigenvalue weighted by atomic mass is 9.97. The summed E-state index contributed by atoms with van der Waals surface area (Å²) in [4.78, 5) is 13.9. The molecule has 0 saturated carbocycles. The van der Waals surface area contributed by atoms with Crippen LogP contribution in [0.15, 0.2) is 12.1 Å². The Morgan fingerprint density at radius 2 is 2.00 bits per heavy atom. The molecule has 1 aromatic rings. The Hall–Kier alpha value is -1.01. The van der Waals surface area contributed by atoms with Crippen LogP contribution in [0.3, 0.4) is 0 Å². The van der Waals surface area contributed by atoms with Crippen molar-refractivity contribution in [1.29, 1.82) is 0 Å². The highest BCUT2D eigenvalue weighted by atomic mass is 35.5. The summed E-state index contributed by atoms with van der Waals surface area (Å²) in [6.07, 6.45) is -5.82. The Bertz CT molecular complexity index is 437. The van der Waals surface area contributed by atoms with Gasteiger partial charge in [-0.1, -0.05) is 29.3 Å². The number of aliphatic carboxylic acids is 1. The predicted molar refractivity (Wildman–Crippen MR) is 55.3 cm³/mol. The fourth-order valence-corrected chi connectivity index (χ4v) is 1.74. The van der Waals surface area contributed by atoms with E-state index >= 15 is 0 Å². The molecule has 0 bridgehead atoms. The minimum atomic E-state index is -4.71. The molecule has 0 aliphatic rings. The molecule has 0 saturated heterocycles.